The average molecular weight is 383 g/mol. The van der Waals surface area contributed by atoms with Gasteiger partial charge in [0.15, 0.2) is 0 Å². The topological polar surface area (TPSA) is 95.3 Å². The maximum absolute atomic E-state index is 13.0. The third kappa shape index (κ3) is 2.82. The van der Waals surface area contributed by atoms with Crippen molar-refractivity contribution in [3.05, 3.63) is 35.2 Å². The van der Waals surface area contributed by atoms with Gasteiger partial charge in [-0.1, -0.05) is 5.16 Å². The lowest BCUT2D eigenvalue weighted by Crippen LogP contribution is -2.59. The third-order valence-electron chi connectivity index (χ3n) is 6.40. The number of aromatic amines is 1. The van der Waals surface area contributed by atoms with E-state index in [1.54, 1.807) is 12.4 Å². The first-order chi connectivity index (χ1) is 13.6. The lowest BCUT2D eigenvalue weighted by atomic mass is 9.78. The monoisotopic (exact) mass is 383 g/mol. The summed E-state index contributed by atoms with van der Waals surface area (Å²) >= 11 is 0. The minimum Gasteiger partial charge on any atom is -0.361 e. The number of nitrogens with one attached hydrogen (secondary N) is 1. The van der Waals surface area contributed by atoms with Gasteiger partial charge in [0.2, 0.25) is 11.8 Å². The van der Waals surface area contributed by atoms with E-state index in [9.17, 15) is 9.59 Å². The largest absolute Gasteiger partial charge is 0.361 e. The molecular weight excluding hydrogens is 358 g/mol. The van der Waals surface area contributed by atoms with Crippen molar-refractivity contribution in [2.75, 3.05) is 19.6 Å². The number of amides is 2. The number of likely N-dealkylation sites (tertiary alicyclic amines) is 1. The third-order valence-corrected chi connectivity index (χ3v) is 6.40. The number of aromatic nitrogens is 3. The fourth-order valence-electron chi connectivity index (χ4n) is 4.74. The van der Waals surface area contributed by atoms with Crippen molar-refractivity contribution in [2.24, 2.45) is 5.92 Å². The minimum absolute atomic E-state index is 0.0455. The highest BCUT2D eigenvalue weighted by Gasteiger charge is 2.51. The molecule has 28 heavy (non-hydrogen) atoms. The summed E-state index contributed by atoms with van der Waals surface area (Å²) in [6.07, 6.45) is 6.24. The molecule has 5 rings (SSSR count). The predicted octanol–water partition coefficient (Wildman–Crippen LogP) is 1.56. The Bertz CT molecular complexity index is 905. The van der Waals surface area contributed by atoms with Gasteiger partial charge < -0.3 is 19.3 Å². The Hall–Kier alpha value is -2.64. The van der Waals surface area contributed by atoms with Crippen molar-refractivity contribution in [3.8, 4) is 0 Å². The molecule has 2 amide bonds. The molecule has 0 bridgehead atoms. The molecular formula is C20H25N5O3. The molecule has 2 fully saturated rings. The van der Waals surface area contributed by atoms with E-state index >= 15 is 0 Å². The molecule has 4 heterocycles. The van der Waals surface area contributed by atoms with Crippen LogP contribution >= 0.6 is 0 Å². The van der Waals surface area contributed by atoms with Crippen molar-refractivity contribution in [1.82, 2.24) is 24.9 Å². The van der Waals surface area contributed by atoms with Gasteiger partial charge in [0.1, 0.15) is 5.76 Å². The molecule has 2 aromatic rings. The molecule has 8 nitrogen and oxygen atoms in total. The van der Waals surface area contributed by atoms with E-state index in [0.717, 1.165) is 55.7 Å². The van der Waals surface area contributed by atoms with Crippen LogP contribution in [0.2, 0.25) is 0 Å². The van der Waals surface area contributed by atoms with Crippen LogP contribution in [0.5, 0.6) is 0 Å². The number of hydrogen-bond acceptors (Lipinski definition) is 5. The second-order valence-electron chi connectivity index (χ2n) is 8.27. The second-order valence-corrected chi connectivity index (χ2v) is 8.27. The highest BCUT2D eigenvalue weighted by atomic mass is 16.5. The van der Waals surface area contributed by atoms with Crippen LogP contribution in [0, 0.1) is 12.8 Å². The van der Waals surface area contributed by atoms with E-state index in [1.807, 2.05) is 11.8 Å². The molecule has 0 unspecified atom stereocenters. The van der Waals surface area contributed by atoms with E-state index in [1.165, 1.54) is 0 Å². The van der Waals surface area contributed by atoms with E-state index < -0.39 is 0 Å². The summed E-state index contributed by atoms with van der Waals surface area (Å²) in [4.78, 5) is 37.5. The fourth-order valence-corrected chi connectivity index (χ4v) is 4.74. The van der Waals surface area contributed by atoms with Crippen LogP contribution in [0.3, 0.4) is 0 Å². The Kier molecular flexibility index (Phi) is 4.03. The molecule has 1 spiro atoms. The number of rotatable bonds is 3. The maximum Gasteiger partial charge on any atom is 0.230 e. The Labute approximate surface area is 163 Å². The molecule has 1 saturated heterocycles. The summed E-state index contributed by atoms with van der Waals surface area (Å²) in [5.74, 6) is 1.10. The fraction of sp³-hybridized carbons (Fsp3) is 0.600. The summed E-state index contributed by atoms with van der Waals surface area (Å²) < 4.78 is 5.19. The predicted molar refractivity (Wildman–Crippen MR) is 99.2 cm³/mol. The molecule has 2 aliphatic heterocycles. The number of imidazole rings is 1. The van der Waals surface area contributed by atoms with Gasteiger partial charge >= 0.3 is 0 Å². The number of aryl methyl sites for hydroxylation is 1. The van der Waals surface area contributed by atoms with Gasteiger partial charge in [-0.05, 0) is 32.6 Å². The van der Waals surface area contributed by atoms with Crippen LogP contribution in [0.4, 0.5) is 0 Å². The molecule has 1 N–H and O–H groups in total. The molecule has 1 aliphatic carbocycles. The normalized spacial score (nSPS) is 21.0. The first-order valence-corrected chi connectivity index (χ1v) is 10.1. The zero-order valence-electron chi connectivity index (χ0n) is 16.1. The van der Waals surface area contributed by atoms with E-state index in [-0.39, 0.29) is 29.7 Å². The van der Waals surface area contributed by atoms with Crippen molar-refractivity contribution in [2.45, 2.75) is 51.0 Å². The molecule has 0 aromatic carbocycles. The summed E-state index contributed by atoms with van der Waals surface area (Å²) in [5.41, 5.74) is 2.54. The summed E-state index contributed by atoms with van der Waals surface area (Å²) in [6, 6.07) is 1.80. The molecule has 0 atom stereocenters. The van der Waals surface area contributed by atoms with Crippen LogP contribution in [0.1, 0.15) is 48.5 Å². The standard InChI is InChI=1S/C20H25N5O3/c1-13-10-15(28-23-13)11-17(26)24-8-5-20(6-9-24)18-16(21-12-22-18)4-7-25(20)19(27)14-2-3-14/h10,12,14H,2-9,11H2,1H3,(H,21,22). The zero-order valence-corrected chi connectivity index (χ0v) is 16.1. The zero-order chi connectivity index (χ0) is 19.3. The highest BCUT2D eigenvalue weighted by molar-refractivity contribution is 5.82. The van der Waals surface area contributed by atoms with E-state index in [4.69, 9.17) is 4.52 Å². The Morgan fingerprint density at radius 3 is 2.75 bits per heavy atom. The van der Waals surface area contributed by atoms with Gasteiger partial charge in [0.25, 0.3) is 0 Å². The van der Waals surface area contributed by atoms with Gasteiger partial charge in [-0.15, -0.1) is 0 Å². The second kappa shape index (κ2) is 6.46. The number of nitrogens with zero attached hydrogens (tertiary/aromatic N) is 4. The van der Waals surface area contributed by atoms with Gasteiger partial charge in [-0.2, -0.15) is 0 Å². The number of carbonyl (C=O) groups is 2. The van der Waals surface area contributed by atoms with Gasteiger partial charge in [0.05, 0.1) is 29.7 Å². The minimum atomic E-state index is -0.382. The van der Waals surface area contributed by atoms with Gasteiger partial charge in [-0.3, -0.25) is 9.59 Å². The van der Waals surface area contributed by atoms with Crippen LogP contribution < -0.4 is 0 Å². The van der Waals surface area contributed by atoms with Crippen LogP contribution in [-0.2, 0) is 28.0 Å². The van der Waals surface area contributed by atoms with Gasteiger partial charge in [-0.25, -0.2) is 4.98 Å². The highest BCUT2D eigenvalue weighted by Crippen LogP contribution is 2.45. The summed E-state index contributed by atoms with van der Waals surface area (Å²) in [7, 11) is 0. The number of H-pyrrole nitrogens is 1. The molecule has 8 heteroatoms. The molecule has 2 aromatic heterocycles. The average Bonchev–Trinajstić information content (AvgIpc) is 3.29. The number of fused-ring (bicyclic) bond motifs is 2. The summed E-state index contributed by atoms with van der Waals surface area (Å²) in [6.45, 7) is 3.81. The molecule has 3 aliphatic rings. The van der Waals surface area contributed by atoms with Crippen molar-refractivity contribution < 1.29 is 14.1 Å². The number of piperidine rings is 1. The van der Waals surface area contributed by atoms with Crippen LogP contribution in [-0.4, -0.2) is 56.4 Å². The SMILES string of the molecule is Cc1cc(CC(=O)N2CCC3(CC2)c2nc[nH]c2CCN3C(=O)C2CC2)on1. The molecule has 0 radical (unpaired) electrons. The van der Waals surface area contributed by atoms with Gasteiger partial charge in [0, 0.05) is 43.7 Å². The van der Waals surface area contributed by atoms with Crippen LogP contribution in [0.15, 0.2) is 16.9 Å². The first kappa shape index (κ1) is 17.5. The molecule has 1 saturated carbocycles. The first-order valence-electron chi connectivity index (χ1n) is 10.1. The maximum atomic E-state index is 13.0. The van der Waals surface area contributed by atoms with Crippen molar-refractivity contribution >= 4 is 11.8 Å². The number of hydrogen-bond donors (Lipinski definition) is 1. The van der Waals surface area contributed by atoms with E-state index in [0.29, 0.717) is 18.8 Å². The quantitative estimate of drug-likeness (QED) is 0.868. The Morgan fingerprint density at radius 2 is 2.07 bits per heavy atom. The Balaban J connectivity index is 1.35. The molecule has 148 valence electrons. The lowest BCUT2D eigenvalue weighted by Gasteiger charge is -2.50. The van der Waals surface area contributed by atoms with Crippen LogP contribution in [0.25, 0.3) is 0 Å². The van der Waals surface area contributed by atoms with Crippen molar-refractivity contribution in [3.63, 3.8) is 0 Å². The van der Waals surface area contributed by atoms with Crippen molar-refractivity contribution in [1.29, 1.82) is 0 Å². The Morgan fingerprint density at radius 1 is 1.29 bits per heavy atom. The number of carbonyl (C=O) groups excluding carboxylic acids is 2. The smallest absolute Gasteiger partial charge is 0.230 e. The van der Waals surface area contributed by atoms with E-state index in [2.05, 4.69) is 20.0 Å². The lowest BCUT2D eigenvalue weighted by molar-refractivity contribution is -0.145. The summed E-state index contributed by atoms with van der Waals surface area (Å²) in [5, 5.41) is 3.85.